The molecule has 86 valence electrons. The van der Waals surface area contributed by atoms with Gasteiger partial charge in [0.05, 0.1) is 5.41 Å². The van der Waals surface area contributed by atoms with E-state index >= 15 is 0 Å². The molecule has 0 bridgehead atoms. The summed E-state index contributed by atoms with van der Waals surface area (Å²) in [6, 6.07) is 7.95. The van der Waals surface area contributed by atoms with E-state index in [1.165, 1.54) is 3.57 Å². The van der Waals surface area contributed by atoms with Crippen molar-refractivity contribution >= 4 is 28.4 Å². The van der Waals surface area contributed by atoms with E-state index < -0.39 is 0 Å². The molecule has 0 radical (unpaired) electrons. The minimum atomic E-state index is -0.275. The van der Waals surface area contributed by atoms with Crippen molar-refractivity contribution in [1.82, 2.24) is 0 Å². The summed E-state index contributed by atoms with van der Waals surface area (Å²) < 4.78 is 7.05. The van der Waals surface area contributed by atoms with Crippen LogP contribution in [0.3, 0.4) is 0 Å². The van der Waals surface area contributed by atoms with Gasteiger partial charge < -0.3 is 4.74 Å². The third-order valence-corrected chi connectivity index (χ3v) is 4.26. The van der Waals surface area contributed by atoms with Gasteiger partial charge in [0.2, 0.25) is 0 Å². The van der Waals surface area contributed by atoms with Crippen LogP contribution in [0.15, 0.2) is 24.3 Å². The molecule has 2 nitrogen and oxygen atoms in total. The first kappa shape index (κ1) is 11.9. The van der Waals surface area contributed by atoms with E-state index in [1.807, 2.05) is 38.1 Å². The van der Waals surface area contributed by atoms with E-state index in [4.69, 9.17) is 4.74 Å². The smallest absolute Gasteiger partial charge is 0.146 e. The summed E-state index contributed by atoms with van der Waals surface area (Å²) in [6.45, 7) is 4.04. The minimum Gasteiger partial charge on any atom is -0.489 e. The average Bonchev–Trinajstić information content (AvgIpc) is 2.30. The van der Waals surface area contributed by atoms with E-state index in [-0.39, 0.29) is 11.5 Å². The van der Waals surface area contributed by atoms with Crippen LogP contribution in [0.1, 0.15) is 26.7 Å². The number of carbonyl (C=O) groups is 1. The highest BCUT2D eigenvalue weighted by molar-refractivity contribution is 14.1. The molecule has 1 aliphatic rings. The van der Waals surface area contributed by atoms with Crippen LogP contribution in [0, 0.1) is 8.99 Å². The highest BCUT2D eigenvalue weighted by Crippen LogP contribution is 2.42. The SMILES string of the molecule is CCC1(C)C(=O)CC1Oc1ccc(I)cc1. The molecule has 16 heavy (non-hydrogen) atoms. The largest absolute Gasteiger partial charge is 0.489 e. The number of Topliss-reactive ketones (excluding diaryl/α,β-unsaturated/α-hetero) is 1. The van der Waals surface area contributed by atoms with Crippen molar-refractivity contribution < 1.29 is 9.53 Å². The van der Waals surface area contributed by atoms with Crippen LogP contribution in [0.25, 0.3) is 0 Å². The lowest BCUT2D eigenvalue weighted by Crippen LogP contribution is -2.54. The molecule has 0 aliphatic heterocycles. The monoisotopic (exact) mass is 330 g/mol. The summed E-state index contributed by atoms with van der Waals surface area (Å²) in [4.78, 5) is 11.6. The normalized spacial score (nSPS) is 28.7. The Morgan fingerprint density at radius 2 is 2.06 bits per heavy atom. The standard InChI is InChI=1S/C13H15IO2/c1-3-13(2)11(15)8-12(13)16-10-6-4-9(14)5-7-10/h4-7,12H,3,8H2,1-2H3. The fourth-order valence-corrected chi connectivity index (χ4v) is 2.31. The van der Waals surface area contributed by atoms with Crippen LogP contribution >= 0.6 is 22.6 Å². The number of hydrogen-bond acceptors (Lipinski definition) is 2. The van der Waals surface area contributed by atoms with Crippen LogP contribution in [0.4, 0.5) is 0 Å². The van der Waals surface area contributed by atoms with Gasteiger partial charge in [-0.2, -0.15) is 0 Å². The zero-order chi connectivity index (χ0) is 11.8. The van der Waals surface area contributed by atoms with Crippen molar-refractivity contribution in [3.8, 4) is 5.75 Å². The Morgan fingerprint density at radius 3 is 2.56 bits per heavy atom. The van der Waals surface area contributed by atoms with Crippen molar-refractivity contribution in [2.45, 2.75) is 32.8 Å². The van der Waals surface area contributed by atoms with E-state index in [0.29, 0.717) is 12.2 Å². The number of hydrogen-bond donors (Lipinski definition) is 0. The number of halogens is 1. The molecule has 1 aromatic rings. The molecule has 2 atom stereocenters. The molecule has 0 spiro atoms. The van der Waals surface area contributed by atoms with Crippen molar-refractivity contribution in [2.75, 3.05) is 0 Å². The fraction of sp³-hybridized carbons (Fsp3) is 0.462. The molecule has 0 heterocycles. The number of ketones is 1. The first-order chi connectivity index (χ1) is 7.56. The quantitative estimate of drug-likeness (QED) is 0.794. The third-order valence-electron chi connectivity index (χ3n) is 3.54. The molecule has 1 aliphatic carbocycles. The predicted molar refractivity (Wildman–Crippen MR) is 71.6 cm³/mol. The van der Waals surface area contributed by atoms with Gasteiger partial charge in [-0.25, -0.2) is 0 Å². The van der Waals surface area contributed by atoms with Crippen molar-refractivity contribution in [1.29, 1.82) is 0 Å². The maximum atomic E-state index is 11.6. The van der Waals surface area contributed by atoms with Crippen LogP contribution in [0.2, 0.25) is 0 Å². The summed E-state index contributed by atoms with van der Waals surface area (Å²) in [7, 11) is 0. The van der Waals surface area contributed by atoms with Gasteiger partial charge in [-0.15, -0.1) is 0 Å². The Hall–Kier alpha value is -0.580. The van der Waals surface area contributed by atoms with Crippen molar-refractivity contribution in [2.24, 2.45) is 5.41 Å². The number of carbonyl (C=O) groups excluding carboxylic acids is 1. The second-order valence-electron chi connectivity index (χ2n) is 4.46. The van der Waals surface area contributed by atoms with Crippen molar-refractivity contribution in [3.05, 3.63) is 27.8 Å². The molecular formula is C13H15IO2. The van der Waals surface area contributed by atoms with Crippen LogP contribution in [-0.2, 0) is 4.79 Å². The summed E-state index contributed by atoms with van der Waals surface area (Å²) in [6.07, 6.45) is 1.45. The molecule has 0 N–H and O–H groups in total. The first-order valence-electron chi connectivity index (χ1n) is 5.52. The van der Waals surface area contributed by atoms with Gasteiger partial charge in [-0.1, -0.05) is 6.92 Å². The Labute approximate surface area is 110 Å². The van der Waals surface area contributed by atoms with E-state index in [9.17, 15) is 4.79 Å². The van der Waals surface area contributed by atoms with Crippen molar-refractivity contribution in [3.63, 3.8) is 0 Å². The topological polar surface area (TPSA) is 26.3 Å². The Balaban J connectivity index is 2.06. The molecule has 2 rings (SSSR count). The number of benzene rings is 1. The van der Waals surface area contributed by atoms with Gasteiger partial charge in [-0.05, 0) is 60.2 Å². The summed E-state index contributed by atoms with van der Waals surface area (Å²) in [5, 5.41) is 0. The second kappa shape index (κ2) is 4.35. The maximum Gasteiger partial charge on any atom is 0.146 e. The lowest BCUT2D eigenvalue weighted by molar-refractivity contribution is -0.150. The molecule has 0 saturated heterocycles. The molecule has 1 aromatic carbocycles. The first-order valence-corrected chi connectivity index (χ1v) is 6.59. The molecule has 1 fully saturated rings. The minimum absolute atomic E-state index is 0.0464. The predicted octanol–water partition coefficient (Wildman–Crippen LogP) is 3.43. The van der Waals surface area contributed by atoms with Gasteiger partial charge in [-0.3, -0.25) is 4.79 Å². The van der Waals surface area contributed by atoms with Gasteiger partial charge in [0.25, 0.3) is 0 Å². The van der Waals surface area contributed by atoms with Gasteiger partial charge in [0, 0.05) is 9.99 Å². The van der Waals surface area contributed by atoms with E-state index in [2.05, 4.69) is 22.6 Å². The average molecular weight is 330 g/mol. The Morgan fingerprint density at radius 1 is 1.44 bits per heavy atom. The summed E-state index contributed by atoms with van der Waals surface area (Å²) >= 11 is 2.26. The van der Waals surface area contributed by atoms with Crippen LogP contribution in [-0.4, -0.2) is 11.9 Å². The highest BCUT2D eigenvalue weighted by atomic mass is 127. The molecule has 3 heteroatoms. The summed E-state index contributed by atoms with van der Waals surface area (Å²) in [5.74, 6) is 1.18. The Kier molecular flexibility index (Phi) is 3.24. The third kappa shape index (κ3) is 1.97. The zero-order valence-corrected chi connectivity index (χ0v) is 11.7. The maximum absolute atomic E-state index is 11.6. The lowest BCUT2D eigenvalue weighted by Gasteiger charge is -2.44. The highest BCUT2D eigenvalue weighted by Gasteiger charge is 2.51. The summed E-state index contributed by atoms with van der Waals surface area (Å²) in [5.41, 5.74) is -0.275. The van der Waals surface area contributed by atoms with Crippen LogP contribution < -0.4 is 4.74 Å². The zero-order valence-electron chi connectivity index (χ0n) is 9.50. The lowest BCUT2D eigenvalue weighted by atomic mass is 9.64. The molecule has 2 unspecified atom stereocenters. The number of ether oxygens (including phenoxy) is 1. The van der Waals surface area contributed by atoms with Gasteiger partial charge in [0.15, 0.2) is 0 Å². The number of rotatable bonds is 3. The van der Waals surface area contributed by atoms with Gasteiger partial charge >= 0.3 is 0 Å². The molecule has 0 amide bonds. The van der Waals surface area contributed by atoms with E-state index in [1.54, 1.807) is 0 Å². The fourth-order valence-electron chi connectivity index (χ4n) is 1.95. The molecule has 1 saturated carbocycles. The van der Waals surface area contributed by atoms with Crippen LogP contribution in [0.5, 0.6) is 5.75 Å². The molecular weight excluding hydrogens is 315 g/mol. The molecule has 0 aromatic heterocycles. The van der Waals surface area contributed by atoms with E-state index in [0.717, 1.165) is 12.2 Å². The Bertz CT molecular complexity index is 399. The second-order valence-corrected chi connectivity index (χ2v) is 5.70. The van der Waals surface area contributed by atoms with Gasteiger partial charge in [0.1, 0.15) is 17.6 Å².